The van der Waals surface area contributed by atoms with E-state index in [1.807, 2.05) is 0 Å². The molecular formula is C20H34N4O4S2. The van der Waals surface area contributed by atoms with E-state index < -0.39 is 10.0 Å². The molecule has 170 valence electrons. The van der Waals surface area contributed by atoms with E-state index in [9.17, 15) is 18.0 Å². The van der Waals surface area contributed by atoms with Crippen LogP contribution in [0.1, 0.15) is 47.0 Å². The predicted molar refractivity (Wildman–Crippen MR) is 120 cm³/mol. The van der Waals surface area contributed by atoms with Gasteiger partial charge < -0.3 is 10.2 Å². The zero-order valence-electron chi connectivity index (χ0n) is 18.3. The van der Waals surface area contributed by atoms with Gasteiger partial charge in [-0.25, -0.2) is 13.2 Å². The SMILES string of the molecule is CCN(CC)S(=O)(=O)c1ccc(NC(=O)N2CCCC(C(=O)NCCC(C)C)C2)s1. The van der Waals surface area contributed by atoms with E-state index >= 15 is 0 Å². The first-order valence-electron chi connectivity index (χ1n) is 10.6. The summed E-state index contributed by atoms with van der Waals surface area (Å²) in [4.78, 5) is 26.7. The number of urea groups is 1. The molecule has 10 heteroatoms. The van der Waals surface area contributed by atoms with Crippen molar-refractivity contribution >= 4 is 38.3 Å². The number of amides is 3. The molecule has 0 aliphatic carbocycles. The number of hydrogen-bond acceptors (Lipinski definition) is 5. The summed E-state index contributed by atoms with van der Waals surface area (Å²) >= 11 is 1.04. The first-order chi connectivity index (χ1) is 14.2. The number of nitrogens with one attached hydrogen (secondary N) is 2. The third-order valence-corrected chi connectivity index (χ3v) is 8.73. The lowest BCUT2D eigenvalue weighted by Gasteiger charge is -2.32. The van der Waals surface area contributed by atoms with Crippen molar-refractivity contribution in [2.45, 2.75) is 51.2 Å². The topological polar surface area (TPSA) is 98.8 Å². The lowest BCUT2D eigenvalue weighted by Crippen LogP contribution is -2.47. The van der Waals surface area contributed by atoms with Gasteiger partial charge in [0.1, 0.15) is 4.21 Å². The van der Waals surface area contributed by atoms with Crippen LogP contribution in [0.15, 0.2) is 16.3 Å². The maximum atomic E-state index is 12.7. The number of anilines is 1. The van der Waals surface area contributed by atoms with Gasteiger partial charge in [0.2, 0.25) is 5.91 Å². The Morgan fingerprint density at radius 3 is 2.60 bits per heavy atom. The third kappa shape index (κ3) is 6.42. The Bertz CT molecular complexity index is 819. The summed E-state index contributed by atoms with van der Waals surface area (Å²) in [6.07, 6.45) is 2.46. The van der Waals surface area contributed by atoms with Gasteiger partial charge in [-0.05, 0) is 37.3 Å². The number of sulfonamides is 1. The number of thiophene rings is 1. The van der Waals surface area contributed by atoms with Crippen molar-refractivity contribution in [3.63, 3.8) is 0 Å². The number of nitrogens with zero attached hydrogens (tertiary/aromatic N) is 2. The lowest BCUT2D eigenvalue weighted by molar-refractivity contribution is -0.126. The predicted octanol–water partition coefficient (Wildman–Crippen LogP) is 3.18. The van der Waals surface area contributed by atoms with Crippen LogP contribution in [0, 0.1) is 11.8 Å². The molecule has 0 aromatic carbocycles. The van der Waals surface area contributed by atoms with Crippen LogP contribution in [0.2, 0.25) is 0 Å². The van der Waals surface area contributed by atoms with Gasteiger partial charge in [-0.3, -0.25) is 10.1 Å². The lowest BCUT2D eigenvalue weighted by atomic mass is 9.97. The molecule has 3 amide bonds. The fraction of sp³-hybridized carbons (Fsp3) is 0.700. The second-order valence-electron chi connectivity index (χ2n) is 7.90. The zero-order chi connectivity index (χ0) is 22.3. The highest BCUT2D eigenvalue weighted by molar-refractivity contribution is 7.91. The smallest absolute Gasteiger partial charge is 0.322 e. The Labute approximate surface area is 184 Å². The number of piperidine rings is 1. The largest absolute Gasteiger partial charge is 0.356 e. The Hall–Kier alpha value is -1.65. The van der Waals surface area contributed by atoms with Gasteiger partial charge >= 0.3 is 6.03 Å². The van der Waals surface area contributed by atoms with Crippen molar-refractivity contribution < 1.29 is 18.0 Å². The molecule has 0 radical (unpaired) electrons. The number of rotatable bonds is 9. The number of likely N-dealkylation sites (tertiary alicyclic amines) is 1. The van der Waals surface area contributed by atoms with Gasteiger partial charge in [-0.15, -0.1) is 11.3 Å². The Morgan fingerprint density at radius 1 is 1.27 bits per heavy atom. The maximum absolute atomic E-state index is 12.7. The molecule has 2 rings (SSSR count). The van der Waals surface area contributed by atoms with Gasteiger partial charge in [0.15, 0.2) is 0 Å². The average molecular weight is 459 g/mol. The molecule has 1 aromatic heterocycles. The van der Waals surface area contributed by atoms with E-state index in [4.69, 9.17) is 0 Å². The van der Waals surface area contributed by atoms with Gasteiger partial charge in [0.25, 0.3) is 10.0 Å². The molecule has 1 aliphatic heterocycles. The number of carbonyl (C=O) groups excluding carboxylic acids is 2. The highest BCUT2D eigenvalue weighted by atomic mass is 32.2. The molecule has 1 unspecified atom stereocenters. The maximum Gasteiger partial charge on any atom is 0.322 e. The monoisotopic (exact) mass is 458 g/mol. The molecule has 1 aromatic rings. The molecule has 2 heterocycles. The van der Waals surface area contributed by atoms with E-state index in [1.165, 1.54) is 10.4 Å². The van der Waals surface area contributed by atoms with Crippen molar-refractivity contribution in [2.24, 2.45) is 11.8 Å². The summed E-state index contributed by atoms with van der Waals surface area (Å²) in [7, 11) is -3.54. The molecule has 1 atom stereocenters. The van der Waals surface area contributed by atoms with Crippen LogP contribution in [0.5, 0.6) is 0 Å². The minimum atomic E-state index is -3.54. The van der Waals surface area contributed by atoms with Gasteiger partial charge in [-0.1, -0.05) is 27.7 Å². The first-order valence-corrected chi connectivity index (χ1v) is 12.9. The number of carbonyl (C=O) groups is 2. The minimum Gasteiger partial charge on any atom is -0.356 e. The van der Waals surface area contributed by atoms with Gasteiger partial charge in [0, 0.05) is 32.7 Å². The Balaban J connectivity index is 1.95. The zero-order valence-corrected chi connectivity index (χ0v) is 19.9. The quantitative estimate of drug-likeness (QED) is 0.594. The number of hydrogen-bond donors (Lipinski definition) is 2. The molecular weight excluding hydrogens is 424 g/mol. The third-order valence-electron chi connectivity index (χ3n) is 5.21. The van der Waals surface area contributed by atoms with Crippen molar-refractivity contribution in [1.82, 2.24) is 14.5 Å². The Kier molecular flexibility index (Phi) is 9.11. The van der Waals surface area contributed by atoms with Gasteiger partial charge in [0.05, 0.1) is 10.9 Å². The molecule has 30 heavy (non-hydrogen) atoms. The van der Waals surface area contributed by atoms with Gasteiger partial charge in [-0.2, -0.15) is 4.31 Å². The second kappa shape index (κ2) is 11.1. The van der Waals surface area contributed by atoms with E-state index in [-0.39, 0.29) is 22.1 Å². The van der Waals surface area contributed by atoms with Crippen LogP contribution in [0.4, 0.5) is 9.80 Å². The van der Waals surface area contributed by atoms with Crippen molar-refractivity contribution in [3.8, 4) is 0 Å². The highest BCUT2D eigenvalue weighted by Crippen LogP contribution is 2.29. The van der Waals surface area contributed by atoms with Crippen molar-refractivity contribution in [3.05, 3.63) is 12.1 Å². The average Bonchev–Trinajstić information content (AvgIpc) is 3.18. The van der Waals surface area contributed by atoms with Crippen LogP contribution in [0.25, 0.3) is 0 Å². The molecule has 8 nitrogen and oxygen atoms in total. The molecule has 1 aliphatic rings. The van der Waals surface area contributed by atoms with Crippen LogP contribution >= 0.6 is 11.3 Å². The minimum absolute atomic E-state index is 0.00289. The van der Waals surface area contributed by atoms with Crippen LogP contribution in [-0.4, -0.2) is 62.3 Å². The fourth-order valence-electron chi connectivity index (χ4n) is 3.41. The summed E-state index contributed by atoms with van der Waals surface area (Å²) in [5, 5.41) is 6.24. The molecule has 1 fully saturated rings. The molecule has 0 bridgehead atoms. The van der Waals surface area contributed by atoms with E-state index in [0.717, 1.165) is 30.6 Å². The summed E-state index contributed by atoms with van der Waals surface area (Å²) in [6.45, 7) is 10.2. The van der Waals surface area contributed by atoms with Crippen molar-refractivity contribution in [1.29, 1.82) is 0 Å². The second-order valence-corrected chi connectivity index (χ2v) is 11.1. The van der Waals surface area contributed by atoms with Crippen LogP contribution in [-0.2, 0) is 14.8 Å². The molecule has 0 spiro atoms. The normalized spacial score (nSPS) is 17.4. The standard InChI is InChI=1S/C20H34N4O4S2/c1-5-24(6-2)30(27,28)18-10-9-17(29-18)22-20(26)23-13-7-8-16(14-23)19(25)21-12-11-15(3)4/h9-10,15-16H,5-8,11-14H2,1-4H3,(H,21,25)(H,22,26). The highest BCUT2D eigenvalue weighted by Gasteiger charge is 2.29. The molecule has 2 N–H and O–H groups in total. The van der Waals surface area contributed by atoms with Crippen LogP contribution in [0.3, 0.4) is 0 Å². The first kappa shape index (κ1) is 24.6. The summed E-state index contributed by atoms with van der Waals surface area (Å²) < 4.78 is 26.8. The fourth-order valence-corrected chi connectivity index (χ4v) is 6.21. The van der Waals surface area contributed by atoms with Crippen molar-refractivity contribution in [2.75, 3.05) is 38.0 Å². The Morgan fingerprint density at radius 2 is 1.97 bits per heavy atom. The summed E-state index contributed by atoms with van der Waals surface area (Å²) in [5.41, 5.74) is 0. The molecule has 1 saturated heterocycles. The molecule has 0 saturated carbocycles. The summed E-state index contributed by atoms with van der Waals surface area (Å²) in [6, 6.07) is 2.83. The van der Waals surface area contributed by atoms with E-state index in [2.05, 4.69) is 24.5 Å². The van der Waals surface area contributed by atoms with Crippen LogP contribution < -0.4 is 10.6 Å². The summed E-state index contributed by atoms with van der Waals surface area (Å²) in [5.74, 6) is 0.315. The van der Waals surface area contributed by atoms with E-state index in [0.29, 0.717) is 43.6 Å². The van der Waals surface area contributed by atoms with E-state index in [1.54, 1.807) is 24.8 Å².